The van der Waals surface area contributed by atoms with Crippen LogP contribution < -0.4 is 10.5 Å². The number of ether oxygens (including phenoxy) is 1. The highest BCUT2D eigenvalue weighted by Gasteiger charge is 2.23. The zero-order chi connectivity index (χ0) is 26.7. The number of pyridine rings is 1. The van der Waals surface area contributed by atoms with E-state index in [2.05, 4.69) is 24.2 Å². The van der Waals surface area contributed by atoms with Gasteiger partial charge in [-0.15, -0.1) is 11.3 Å². The first-order valence-electron chi connectivity index (χ1n) is 12.5. The van der Waals surface area contributed by atoms with E-state index in [4.69, 9.17) is 9.72 Å². The summed E-state index contributed by atoms with van der Waals surface area (Å²) in [6.45, 7) is 10.6. The Hall–Kier alpha value is -3.30. The van der Waals surface area contributed by atoms with Crippen LogP contribution in [-0.2, 0) is 9.53 Å². The molecule has 1 atom stereocenters. The lowest BCUT2D eigenvalue weighted by Gasteiger charge is -2.32. The second-order valence-corrected chi connectivity index (χ2v) is 11.4. The minimum atomic E-state index is -0.642. The molecule has 0 aliphatic carbocycles. The quantitative estimate of drug-likeness (QED) is 0.368. The van der Waals surface area contributed by atoms with Crippen LogP contribution in [0.4, 0.5) is 5.82 Å². The average Bonchev–Trinajstić information content (AvgIpc) is 3.30. The van der Waals surface area contributed by atoms with Gasteiger partial charge in [0.2, 0.25) is 0 Å². The van der Waals surface area contributed by atoms with Gasteiger partial charge in [0, 0.05) is 30.7 Å². The van der Waals surface area contributed by atoms with Crippen molar-refractivity contribution in [2.24, 2.45) is 0 Å². The molecule has 0 spiro atoms. The largest absolute Gasteiger partial charge is 0.457 e. The molecule has 1 N–H and O–H groups in total. The zero-order valence-corrected chi connectivity index (χ0v) is 22.8. The molecule has 1 saturated heterocycles. The van der Waals surface area contributed by atoms with Crippen molar-refractivity contribution >= 4 is 47.0 Å². The maximum absolute atomic E-state index is 13.5. The van der Waals surface area contributed by atoms with Crippen LogP contribution in [0.15, 0.2) is 34.6 Å². The van der Waals surface area contributed by atoms with Crippen molar-refractivity contribution in [2.75, 3.05) is 18.0 Å². The van der Waals surface area contributed by atoms with E-state index in [1.807, 2.05) is 29.2 Å². The lowest BCUT2D eigenvalue weighted by molar-refractivity contribution is -0.148. The Kier molecular flexibility index (Phi) is 7.94. The normalized spacial score (nSPS) is 16.9. The summed E-state index contributed by atoms with van der Waals surface area (Å²) < 4.78 is 6.83. The number of thiazole rings is 1. The lowest BCUT2D eigenvalue weighted by atomic mass is 10.1. The molecule has 3 aromatic rings. The first-order chi connectivity index (χ1) is 17.5. The van der Waals surface area contributed by atoms with Gasteiger partial charge >= 0.3 is 5.97 Å². The SMILES string of the molecule is CC(C)c1csc(/C=C/c2ccn3c(=O)c(/C=C/C(=O)OC(C)(C)C)c(N4CCC[C@H](O)C4)nc3c2)n1. The van der Waals surface area contributed by atoms with E-state index in [1.54, 1.807) is 38.3 Å². The molecule has 0 amide bonds. The molecule has 0 unspecified atom stereocenters. The monoisotopic (exact) mass is 522 g/mol. The third-order valence-corrected chi connectivity index (χ3v) is 6.74. The molecule has 196 valence electrons. The minimum Gasteiger partial charge on any atom is -0.457 e. The number of hydrogen-bond acceptors (Lipinski definition) is 8. The van der Waals surface area contributed by atoms with E-state index >= 15 is 0 Å². The van der Waals surface area contributed by atoms with Crippen molar-refractivity contribution < 1.29 is 14.6 Å². The summed E-state index contributed by atoms with van der Waals surface area (Å²) in [6, 6.07) is 3.69. The fourth-order valence-corrected chi connectivity index (χ4v) is 4.96. The summed E-state index contributed by atoms with van der Waals surface area (Å²) in [7, 11) is 0. The maximum Gasteiger partial charge on any atom is 0.331 e. The van der Waals surface area contributed by atoms with Crippen LogP contribution >= 0.6 is 11.3 Å². The molecular weight excluding hydrogens is 488 g/mol. The van der Waals surface area contributed by atoms with E-state index in [9.17, 15) is 14.7 Å². The van der Waals surface area contributed by atoms with Gasteiger partial charge < -0.3 is 14.7 Å². The highest BCUT2D eigenvalue weighted by atomic mass is 32.1. The van der Waals surface area contributed by atoms with Gasteiger partial charge in [-0.25, -0.2) is 14.8 Å². The van der Waals surface area contributed by atoms with Crippen molar-refractivity contribution in [2.45, 2.75) is 65.1 Å². The Morgan fingerprint density at radius 2 is 2.03 bits per heavy atom. The van der Waals surface area contributed by atoms with Gasteiger partial charge in [0.25, 0.3) is 5.56 Å². The van der Waals surface area contributed by atoms with Gasteiger partial charge in [0.05, 0.1) is 17.4 Å². The van der Waals surface area contributed by atoms with Crippen LogP contribution in [0.1, 0.15) is 75.2 Å². The third kappa shape index (κ3) is 6.72. The van der Waals surface area contributed by atoms with E-state index in [0.717, 1.165) is 22.7 Å². The summed E-state index contributed by atoms with van der Waals surface area (Å²) >= 11 is 1.59. The van der Waals surface area contributed by atoms with Gasteiger partial charge in [-0.1, -0.05) is 19.9 Å². The van der Waals surface area contributed by atoms with Crippen molar-refractivity contribution in [3.8, 4) is 0 Å². The number of aliphatic hydroxyl groups is 1. The van der Waals surface area contributed by atoms with Gasteiger partial charge in [0.15, 0.2) is 0 Å². The predicted octanol–water partition coefficient (Wildman–Crippen LogP) is 4.76. The Morgan fingerprint density at radius 3 is 2.70 bits per heavy atom. The zero-order valence-electron chi connectivity index (χ0n) is 22.0. The van der Waals surface area contributed by atoms with Crippen LogP contribution in [0.2, 0.25) is 0 Å². The lowest BCUT2D eigenvalue weighted by Crippen LogP contribution is -2.40. The number of esters is 1. The second-order valence-electron chi connectivity index (χ2n) is 10.6. The summed E-state index contributed by atoms with van der Waals surface area (Å²) in [5.41, 5.74) is 1.78. The molecule has 0 bridgehead atoms. The van der Waals surface area contributed by atoms with Gasteiger partial charge in [-0.05, 0) is 69.4 Å². The van der Waals surface area contributed by atoms with E-state index in [0.29, 0.717) is 36.9 Å². The number of carbonyl (C=O) groups is 1. The molecule has 0 radical (unpaired) electrons. The summed E-state index contributed by atoms with van der Waals surface area (Å²) in [4.78, 5) is 37.2. The minimum absolute atomic E-state index is 0.282. The number of piperidine rings is 1. The summed E-state index contributed by atoms with van der Waals surface area (Å²) in [6.07, 6.45) is 9.31. The topological polar surface area (TPSA) is 97.0 Å². The fraction of sp³-hybridized carbons (Fsp3) is 0.429. The van der Waals surface area contributed by atoms with Gasteiger partial charge in [-0.3, -0.25) is 9.20 Å². The Morgan fingerprint density at radius 1 is 1.24 bits per heavy atom. The number of nitrogens with zero attached hydrogens (tertiary/aromatic N) is 4. The van der Waals surface area contributed by atoms with Crippen LogP contribution in [0.3, 0.4) is 0 Å². The second kappa shape index (κ2) is 11.0. The number of aliphatic hydroxyl groups excluding tert-OH is 1. The van der Waals surface area contributed by atoms with Crippen LogP contribution in [0.25, 0.3) is 23.9 Å². The molecule has 9 heteroatoms. The highest BCUT2D eigenvalue weighted by molar-refractivity contribution is 7.10. The number of rotatable bonds is 6. The molecule has 1 fully saturated rings. The van der Waals surface area contributed by atoms with E-state index in [1.165, 1.54) is 16.6 Å². The summed E-state index contributed by atoms with van der Waals surface area (Å²) in [5.74, 6) is 0.288. The molecule has 1 aliphatic rings. The summed E-state index contributed by atoms with van der Waals surface area (Å²) in [5, 5.41) is 13.2. The Labute approximate surface area is 221 Å². The number of hydrogen-bond donors (Lipinski definition) is 1. The Balaban J connectivity index is 1.73. The number of carbonyl (C=O) groups excluding carboxylic acids is 1. The first kappa shape index (κ1) is 26.8. The Bertz CT molecular complexity index is 1400. The number of aromatic nitrogens is 3. The molecule has 0 saturated carbocycles. The smallest absolute Gasteiger partial charge is 0.331 e. The van der Waals surface area contributed by atoms with Crippen LogP contribution in [0, 0.1) is 0 Å². The van der Waals surface area contributed by atoms with Crippen molar-refractivity contribution in [1.82, 2.24) is 14.4 Å². The molecular formula is C28H34N4O4S. The van der Waals surface area contributed by atoms with Gasteiger partial charge in [0.1, 0.15) is 22.1 Å². The third-order valence-electron chi connectivity index (χ3n) is 5.91. The maximum atomic E-state index is 13.5. The number of β-amino-alcohol motifs (C(OH)–C–C–N with tert-alkyl or cyclic N) is 1. The van der Waals surface area contributed by atoms with Gasteiger partial charge in [-0.2, -0.15) is 0 Å². The molecule has 1 aliphatic heterocycles. The standard InChI is InChI=1S/C28H34N4O4S/c1-18(2)22-17-37-24(29-22)10-8-19-12-14-32-23(15-19)30-26(31-13-6-7-20(33)16-31)21(27(32)35)9-11-25(34)36-28(3,4)5/h8-12,14-15,17-18,20,33H,6-7,13,16H2,1-5H3/b10-8+,11-9+/t20-/m0/s1. The molecule has 4 rings (SSSR count). The van der Waals surface area contributed by atoms with E-state index < -0.39 is 17.7 Å². The molecule has 3 aromatic heterocycles. The van der Waals surface area contributed by atoms with Crippen molar-refractivity contribution in [3.05, 3.63) is 62.0 Å². The average molecular weight is 523 g/mol. The highest BCUT2D eigenvalue weighted by Crippen LogP contribution is 2.24. The fourth-order valence-electron chi connectivity index (χ4n) is 4.09. The van der Waals surface area contributed by atoms with Crippen LogP contribution in [0.5, 0.6) is 0 Å². The first-order valence-corrected chi connectivity index (χ1v) is 13.4. The van der Waals surface area contributed by atoms with Crippen LogP contribution in [-0.4, -0.2) is 50.2 Å². The molecule has 8 nitrogen and oxygen atoms in total. The molecule has 37 heavy (non-hydrogen) atoms. The number of anilines is 1. The number of fused-ring (bicyclic) bond motifs is 1. The van der Waals surface area contributed by atoms with Crippen molar-refractivity contribution in [1.29, 1.82) is 0 Å². The van der Waals surface area contributed by atoms with E-state index in [-0.39, 0.29) is 11.1 Å². The molecule has 0 aromatic carbocycles. The predicted molar refractivity (Wildman–Crippen MR) is 149 cm³/mol. The van der Waals surface area contributed by atoms with Crippen molar-refractivity contribution in [3.63, 3.8) is 0 Å². The molecule has 4 heterocycles.